The molecule has 1 rings (SSSR count). The minimum atomic E-state index is -0.761. The standard InChI is InChI=1S/C19H29Cl2N3O3/c1-13(2)17(19(26)27-3)23-18(25)16(22)12-14-4-6-15(7-5-14)24(10-8-20)11-9-21/h4-7,13,16-17H,8-12,22H2,1-3H3,(H,23,25)/t16-,17+/m1/s1. The van der Waals surface area contributed by atoms with E-state index in [1.165, 1.54) is 7.11 Å². The summed E-state index contributed by atoms with van der Waals surface area (Å²) in [6.45, 7) is 5.08. The van der Waals surface area contributed by atoms with Crippen molar-refractivity contribution in [1.29, 1.82) is 0 Å². The summed E-state index contributed by atoms with van der Waals surface area (Å²) in [5.74, 6) is 0.0762. The molecule has 3 N–H and O–H groups in total. The number of esters is 1. The molecule has 6 nitrogen and oxygen atoms in total. The molecule has 152 valence electrons. The summed E-state index contributed by atoms with van der Waals surface area (Å²) in [7, 11) is 1.29. The second kappa shape index (κ2) is 12.1. The first-order chi connectivity index (χ1) is 12.8. The molecule has 0 unspecified atom stereocenters. The van der Waals surface area contributed by atoms with Crippen LogP contribution in [-0.2, 0) is 20.7 Å². The van der Waals surface area contributed by atoms with Crippen LogP contribution >= 0.6 is 23.2 Å². The van der Waals surface area contributed by atoms with Crippen molar-refractivity contribution in [3.8, 4) is 0 Å². The predicted octanol–water partition coefficient (Wildman–Crippen LogP) is 2.15. The van der Waals surface area contributed by atoms with E-state index in [0.717, 1.165) is 11.3 Å². The van der Waals surface area contributed by atoms with Crippen molar-refractivity contribution in [3.63, 3.8) is 0 Å². The second-order valence-corrected chi connectivity index (χ2v) is 7.35. The highest BCUT2D eigenvalue weighted by Gasteiger charge is 2.27. The molecule has 1 amide bonds. The van der Waals surface area contributed by atoms with Crippen molar-refractivity contribution in [2.24, 2.45) is 11.7 Å². The summed E-state index contributed by atoms with van der Waals surface area (Å²) < 4.78 is 4.73. The predicted molar refractivity (Wildman–Crippen MR) is 111 cm³/mol. The number of nitrogens with zero attached hydrogens (tertiary/aromatic N) is 1. The minimum absolute atomic E-state index is 0.0947. The van der Waals surface area contributed by atoms with Crippen LogP contribution in [0.5, 0.6) is 0 Å². The number of carbonyl (C=O) groups is 2. The van der Waals surface area contributed by atoms with E-state index in [1.807, 2.05) is 38.1 Å². The van der Waals surface area contributed by atoms with Gasteiger partial charge >= 0.3 is 5.97 Å². The molecule has 2 atom stereocenters. The number of hydrogen-bond acceptors (Lipinski definition) is 5. The van der Waals surface area contributed by atoms with Gasteiger partial charge in [0.2, 0.25) is 5.91 Å². The fourth-order valence-electron chi connectivity index (χ4n) is 2.65. The molecule has 8 heteroatoms. The average molecular weight is 418 g/mol. The molecule has 0 fully saturated rings. The number of methoxy groups -OCH3 is 1. The molecule has 0 aliphatic rings. The van der Waals surface area contributed by atoms with E-state index in [4.69, 9.17) is 33.7 Å². The lowest BCUT2D eigenvalue weighted by atomic mass is 10.0. The number of ether oxygens (including phenoxy) is 1. The summed E-state index contributed by atoms with van der Waals surface area (Å²) in [6.07, 6.45) is 0.364. The minimum Gasteiger partial charge on any atom is -0.467 e. The van der Waals surface area contributed by atoms with Gasteiger partial charge in [0, 0.05) is 30.5 Å². The highest BCUT2D eigenvalue weighted by Crippen LogP contribution is 2.16. The zero-order chi connectivity index (χ0) is 20.4. The maximum Gasteiger partial charge on any atom is 0.328 e. The molecule has 1 aromatic carbocycles. The number of carbonyl (C=O) groups excluding carboxylic acids is 2. The van der Waals surface area contributed by atoms with Crippen LogP contribution in [0.2, 0.25) is 0 Å². The van der Waals surface area contributed by atoms with Crippen LogP contribution in [-0.4, -0.2) is 55.9 Å². The number of halogens is 2. The van der Waals surface area contributed by atoms with Gasteiger partial charge in [0.1, 0.15) is 6.04 Å². The van der Waals surface area contributed by atoms with E-state index >= 15 is 0 Å². The van der Waals surface area contributed by atoms with Crippen LogP contribution in [0.4, 0.5) is 5.69 Å². The fourth-order valence-corrected chi connectivity index (χ4v) is 3.06. The lowest BCUT2D eigenvalue weighted by Crippen LogP contribution is -2.51. The average Bonchev–Trinajstić information content (AvgIpc) is 2.65. The van der Waals surface area contributed by atoms with E-state index in [-0.39, 0.29) is 11.8 Å². The summed E-state index contributed by atoms with van der Waals surface area (Å²) in [6, 6.07) is 6.31. The van der Waals surface area contributed by atoms with Gasteiger partial charge in [-0.1, -0.05) is 26.0 Å². The molecule has 0 aliphatic heterocycles. The normalized spacial score (nSPS) is 13.1. The lowest BCUT2D eigenvalue weighted by molar-refractivity contribution is -0.146. The number of hydrogen-bond donors (Lipinski definition) is 2. The Kier molecular flexibility index (Phi) is 10.5. The molecule has 0 saturated heterocycles. The van der Waals surface area contributed by atoms with Gasteiger partial charge in [-0.3, -0.25) is 4.79 Å². The van der Waals surface area contributed by atoms with Crippen molar-refractivity contribution < 1.29 is 14.3 Å². The van der Waals surface area contributed by atoms with Gasteiger partial charge in [-0.25, -0.2) is 4.79 Å². The van der Waals surface area contributed by atoms with Crippen LogP contribution in [0.3, 0.4) is 0 Å². The van der Waals surface area contributed by atoms with Crippen molar-refractivity contribution in [1.82, 2.24) is 5.32 Å². The van der Waals surface area contributed by atoms with Crippen molar-refractivity contribution in [2.45, 2.75) is 32.4 Å². The maximum absolute atomic E-state index is 12.3. The third kappa shape index (κ3) is 7.56. The van der Waals surface area contributed by atoms with Crippen molar-refractivity contribution >= 4 is 40.8 Å². The summed E-state index contributed by atoms with van der Waals surface area (Å²) in [5.41, 5.74) is 7.97. The van der Waals surface area contributed by atoms with Gasteiger partial charge in [0.05, 0.1) is 13.2 Å². The maximum atomic E-state index is 12.3. The number of alkyl halides is 2. The molecule has 0 aromatic heterocycles. The van der Waals surface area contributed by atoms with Gasteiger partial charge in [-0.2, -0.15) is 0 Å². The van der Waals surface area contributed by atoms with Crippen molar-refractivity contribution in [3.05, 3.63) is 29.8 Å². The zero-order valence-electron chi connectivity index (χ0n) is 16.1. The lowest BCUT2D eigenvalue weighted by Gasteiger charge is -2.23. The first kappa shape index (κ1) is 23.5. The number of amides is 1. The fraction of sp³-hybridized carbons (Fsp3) is 0.579. The Balaban J connectivity index is 2.71. The Bertz CT molecular complexity index is 590. The SMILES string of the molecule is COC(=O)[C@@H](NC(=O)[C@H](N)Cc1ccc(N(CCCl)CCCl)cc1)C(C)C. The van der Waals surface area contributed by atoms with E-state index in [9.17, 15) is 9.59 Å². The van der Waals surface area contributed by atoms with Crippen molar-refractivity contribution in [2.75, 3.05) is 36.9 Å². The quantitative estimate of drug-likeness (QED) is 0.425. The van der Waals surface area contributed by atoms with Gasteiger partial charge in [-0.15, -0.1) is 23.2 Å². The first-order valence-electron chi connectivity index (χ1n) is 8.93. The van der Waals surface area contributed by atoms with E-state index in [0.29, 0.717) is 31.3 Å². The van der Waals surface area contributed by atoms with Gasteiger partial charge < -0.3 is 20.7 Å². The smallest absolute Gasteiger partial charge is 0.328 e. The van der Waals surface area contributed by atoms with Crippen LogP contribution in [0.15, 0.2) is 24.3 Å². The van der Waals surface area contributed by atoms with Gasteiger partial charge in [0.15, 0.2) is 0 Å². The molecule has 0 spiro atoms. The van der Waals surface area contributed by atoms with Gasteiger partial charge in [0.25, 0.3) is 0 Å². The number of anilines is 1. The first-order valence-corrected chi connectivity index (χ1v) is 10.0. The molecule has 0 aliphatic carbocycles. The van der Waals surface area contributed by atoms with Gasteiger partial charge in [-0.05, 0) is 30.0 Å². The Hall–Kier alpha value is -1.50. The van der Waals surface area contributed by atoms with E-state index < -0.39 is 18.1 Å². The second-order valence-electron chi connectivity index (χ2n) is 6.60. The van der Waals surface area contributed by atoms with Crippen LogP contribution < -0.4 is 16.0 Å². The molecule has 1 aromatic rings. The third-order valence-corrected chi connectivity index (χ3v) is 4.56. The Morgan fingerprint density at radius 3 is 2.15 bits per heavy atom. The molecule has 0 radical (unpaired) electrons. The number of rotatable bonds is 11. The summed E-state index contributed by atoms with van der Waals surface area (Å²) in [5, 5.41) is 2.67. The van der Waals surface area contributed by atoms with Crippen LogP contribution in [0.1, 0.15) is 19.4 Å². The van der Waals surface area contributed by atoms with Crippen LogP contribution in [0, 0.1) is 5.92 Å². The molecule has 0 heterocycles. The Labute approximate surface area is 171 Å². The van der Waals surface area contributed by atoms with E-state index in [2.05, 4.69) is 10.2 Å². The highest BCUT2D eigenvalue weighted by atomic mass is 35.5. The third-order valence-electron chi connectivity index (χ3n) is 4.22. The zero-order valence-corrected chi connectivity index (χ0v) is 17.6. The highest BCUT2D eigenvalue weighted by molar-refractivity contribution is 6.18. The molecular formula is C19H29Cl2N3O3. The Morgan fingerprint density at radius 1 is 1.15 bits per heavy atom. The largest absolute Gasteiger partial charge is 0.467 e. The Morgan fingerprint density at radius 2 is 1.70 bits per heavy atom. The molecular weight excluding hydrogens is 389 g/mol. The number of nitrogens with one attached hydrogen (secondary N) is 1. The topological polar surface area (TPSA) is 84.7 Å². The molecule has 27 heavy (non-hydrogen) atoms. The summed E-state index contributed by atoms with van der Waals surface area (Å²) >= 11 is 11.7. The number of benzene rings is 1. The molecule has 0 saturated carbocycles. The summed E-state index contributed by atoms with van der Waals surface area (Å²) in [4.78, 5) is 26.2. The van der Waals surface area contributed by atoms with Crippen LogP contribution in [0.25, 0.3) is 0 Å². The molecule has 0 bridgehead atoms. The monoisotopic (exact) mass is 417 g/mol. The van der Waals surface area contributed by atoms with E-state index in [1.54, 1.807) is 0 Å². The number of nitrogens with two attached hydrogens (primary N) is 1.